The second-order valence-electron chi connectivity index (χ2n) is 10.9. The molecular weight excluding hydrogens is 378 g/mol. The van der Waals surface area contributed by atoms with Crippen LogP contribution in [-0.4, -0.2) is 4.57 Å². The van der Waals surface area contributed by atoms with Gasteiger partial charge in [-0.05, 0) is 91.5 Å². The van der Waals surface area contributed by atoms with Crippen LogP contribution < -0.4 is 0 Å². The summed E-state index contributed by atoms with van der Waals surface area (Å²) in [5, 5.41) is 5.41. The molecule has 9 rings (SSSR count). The predicted molar refractivity (Wildman–Crippen MR) is 128 cm³/mol. The Labute approximate surface area is 181 Å². The van der Waals surface area contributed by atoms with Crippen molar-refractivity contribution >= 4 is 43.7 Å². The number of furan rings is 1. The van der Waals surface area contributed by atoms with Gasteiger partial charge in [-0.3, -0.25) is 0 Å². The van der Waals surface area contributed by atoms with Crippen LogP contribution in [0.5, 0.6) is 0 Å². The largest absolute Gasteiger partial charge is 0.456 e. The third-order valence-corrected chi connectivity index (χ3v) is 9.13. The normalized spacial score (nSPS) is 29.8. The molecule has 2 heterocycles. The summed E-state index contributed by atoms with van der Waals surface area (Å²) in [6.45, 7) is 0. The van der Waals surface area contributed by atoms with Crippen LogP contribution in [0.25, 0.3) is 43.7 Å². The van der Waals surface area contributed by atoms with Crippen molar-refractivity contribution in [3.63, 3.8) is 0 Å². The molecule has 4 aliphatic rings. The van der Waals surface area contributed by atoms with Crippen molar-refractivity contribution in [3.05, 3.63) is 60.2 Å². The summed E-state index contributed by atoms with van der Waals surface area (Å²) in [6.07, 6.45) is 8.70. The van der Waals surface area contributed by atoms with Gasteiger partial charge in [-0.25, -0.2) is 0 Å². The lowest BCUT2D eigenvalue weighted by Gasteiger charge is -2.57. The molecule has 0 aliphatic heterocycles. The molecule has 0 amide bonds. The maximum absolute atomic E-state index is 6.23. The molecule has 2 heteroatoms. The molecule has 4 bridgehead atoms. The first-order valence-electron chi connectivity index (χ1n) is 12.0. The zero-order chi connectivity index (χ0) is 20.3. The van der Waals surface area contributed by atoms with Crippen LogP contribution >= 0.6 is 0 Å². The first-order chi connectivity index (χ1) is 15.2. The average molecular weight is 406 g/mol. The highest BCUT2D eigenvalue weighted by Gasteiger charge is 2.52. The Balaban J connectivity index is 1.50. The molecule has 2 nitrogen and oxygen atoms in total. The van der Waals surface area contributed by atoms with Gasteiger partial charge < -0.3 is 8.98 Å². The maximum Gasteiger partial charge on any atom is 0.137 e. The van der Waals surface area contributed by atoms with Crippen LogP contribution in [0.4, 0.5) is 0 Å². The molecule has 0 unspecified atom stereocenters. The summed E-state index contributed by atoms with van der Waals surface area (Å²) in [4.78, 5) is 0. The maximum atomic E-state index is 6.23. The minimum atomic E-state index is 0.399. The van der Waals surface area contributed by atoms with Gasteiger partial charge >= 0.3 is 0 Å². The van der Waals surface area contributed by atoms with Crippen molar-refractivity contribution in [1.82, 2.24) is 4.57 Å². The fraction of sp³-hybridized carbons (Fsp3) is 0.379. The lowest BCUT2D eigenvalue weighted by molar-refractivity contribution is -0.00447. The standard InChI is InChI=1S/C29H27NO/c1-30-23-7-4-6-22(29-14-17-11-18(15-29)13-19(12-17)16-29)26(23)21-9-10-25-27(28(21)30)20-5-2-3-8-24(20)31-25/h2-10,17-19H,11-16H2,1H3. The van der Waals surface area contributed by atoms with Crippen molar-refractivity contribution in [1.29, 1.82) is 0 Å². The Kier molecular flexibility index (Phi) is 3.02. The number of para-hydroxylation sites is 1. The van der Waals surface area contributed by atoms with E-state index in [-0.39, 0.29) is 0 Å². The Morgan fingerprint density at radius 2 is 1.48 bits per heavy atom. The molecule has 0 radical (unpaired) electrons. The van der Waals surface area contributed by atoms with Gasteiger partial charge in [-0.2, -0.15) is 0 Å². The number of fused-ring (bicyclic) bond motifs is 7. The van der Waals surface area contributed by atoms with Crippen molar-refractivity contribution in [2.75, 3.05) is 0 Å². The summed E-state index contributed by atoms with van der Waals surface area (Å²) < 4.78 is 8.66. The molecule has 0 saturated heterocycles. The van der Waals surface area contributed by atoms with E-state index in [0.717, 1.165) is 28.9 Å². The SMILES string of the molecule is Cn1c2cccc(C34CC5CC(CC(C5)C3)C4)c2c2ccc3oc4ccccc4c3c21. The van der Waals surface area contributed by atoms with Gasteiger partial charge in [0.15, 0.2) is 0 Å². The number of aromatic nitrogens is 1. The van der Waals surface area contributed by atoms with E-state index in [9.17, 15) is 0 Å². The zero-order valence-corrected chi connectivity index (χ0v) is 18.0. The molecule has 0 spiro atoms. The quantitative estimate of drug-likeness (QED) is 0.279. The van der Waals surface area contributed by atoms with Crippen LogP contribution in [0.3, 0.4) is 0 Å². The van der Waals surface area contributed by atoms with Crippen LogP contribution in [0.15, 0.2) is 59.0 Å². The van der Waals surface area contributed by atoms with Gasteiger partial charge in [0.1, 0.15) is 11.2 Å². The predicted octanol–water partition coefficient (Wildman–Crippen LogP) is 7.70. The molecule has 31 heavy (non-hydrogen) atoms. The molecule has 0 N–H and O–H groups in total. The summed E-state index contributed by atoms with van der Waals surface area (Å²) in [7, 11) is 2.25. The molecule has 4 aliphatic carbocycles. The number of hydrogen-bond acceptors (Lipinski definition) is 1. The summed E-state index contributed by atoms with van der Waals surface area (Å²) in [6, 6.07) is 20.1. The van der Waals surface area contributed by atoms with E-state index in [2.05, 4.69) is 66.2 Å². The first kappa shape index (κ1) is 16.9. The van der Waals surface area contributed by atoms with E-state index in [4.69, 9.17) is 4.42 Å². The molecule has 154 valence electrons. The van der Waals surface area contributed by atoms with Crippen molar-refractivity contribution < 1.29 is 4.42 Å². The summed E-state index contributed by atoms with van der Waals surface area (Å²) in [5.41, 5.74) is 6.72. The Bertz CT molecular complexity index is 1500. The molecule has 4 fully saturated rings. The number of hydrogen-bond donors (Lipinski definition) is 0. The van der Waals surface area contributed by atoms with E-state index < -0.39 is 0 Å². The first-order valence-corrected chi connectivity index (χ1v) is 12.0. The minimum Gasteiger partial charge on any atom is -0.456 e. The Hall–Kier alpha value is -2.74. The van der Waals surface area contributed by atoms with Gasteiger partial charge in [-0.1, -0.05) is 30.3 Å². The van der Waals surface area contributed by atoms with E-state index in [0.29, 0.717) is 5.41 Å². The summed E-state index contributed by atoms with van der Waals surface area (Å²) >= 11 is 0. The highest BCUT2D eigenvalue weighted by atomic mass is 16.3. The Morgan fingerprint density at radius 3 is 2.26 bits per heavy atom. The highest BCUT2D eigenvalue weighted by Crippen LogP contribution is 2.62. The van der Waals surface area contributed by atoms with Crippen molar-refractivity contribution in [3.8, 4) is 0 Å². The molecule has 2 aromatic heterocycles. The van der Waals surface area contributed by atoms with Crippen LogP contribution in [0.1, 0.15) is 44.1 Å². The number of benzene rings is 3. The zero-order valence-electron chi connectivity index (χ0n) is 18.0. The number of nitrogens with zero attached hydrogens (tertiary/aromatic N) is 1. The van der Waals surface area contributed by atoms with Crippen LogP contribution in [0.2, 0.25) is 0 Å². The van der Waals surface area contributed by atoms with Crippen molar-refractivity contribution in [2.45, 2.75) is 43.9 Å². The molecule has 5 aromatic rings. The molecule has 4 saturated carbocycles. The molecule has 3 aromatic carbocycles. The lowest BCUT2D eigenvalue weighted by Crippen LogP contribution is -2.48. The van der Waals surface area contributed by atoms with Gasteiger partial charge in [0.2, 0.25) is 0 Å². The average Bonchev–Trinajstić information content (AvgIpc) is 3.28. The van der Waals surface area contributed by atoms with E-state index in [1.165, 1.54) is 71.1 Å². The second-order valence-corrected chi connectivity index (χ2v) is 10.9. The second kappa shape index (κ2) is 5.54. The van der Waals surface area contributed by atoms with Gasteiger partial charge in [0.05, 0.1) is 10.9 Å². The fourth-order valence-corrected chi connectivity index (χ4v) is 8.45. The van der Waals surface area contributed by atoms with Gasteiger partial charge in [-0.15, -0.1) is 0 Å². The monoisotopic (exact) mass is 405 g/mol. The van der Waals surface area contributed by atoms with Crippen LogP contribution in [0, 0.1) is 17.8 Å². The Morgan fingerprint density at radius 1 is 0.742 bits per heavy atom. The molecular formula is C29H27NO. The smallest absolute Gasteiger partial charge is 0.137 e. The molecule has 0 atom stereocenters. The lowest BCUT2D eigenvalue weighted by atomic mass is 9.48. The van der Waals surface area contributed by atoms with E-state index in [1.54, 1.807) is 5.56 Å². The minimum absolute atomic E-state index is 0.399. The topological polar surface area (TPSA) is 18.1 Å². The fourth-order valence-electron chi connectivity index (χ4n) is 8.45. The summed E-state index contributed by atoms with van der Waals surface area (Å²) in [5.74, 6) is 2.88. The van der Waals surface area contributed by atoms with E-state index in [1.807, 2.05) is 0 Å². The highest BCUT2D eigenvalue weighted by molar-refractivity contribution is 6.24. The number of rotatable bonds is 1. The third kappa shape index (κ3) is 2.04. The van der Waals surface area contributed by atoms with Gasteiger partial charge in [0.25, 0.3) is 0 Å². The van der Waals surface area contributed by atoms with Crippen LogP contribution in [-0.2, 0) is 12.5 Å². The third-order valence-electron chi connectivity index (χ3n) is 9.13. The number of aryl methyl sites for hydroxylation is 1. The van der Waals surface area contributed by atoms with Crippen molar-refractivity contribution in [2.24, 2.45) is 24.8 Å². The van der Waals surface area contributed by atoms with Gasteiger partial charge in [0, 0.05) is 28.7 Å². The van der Waals surface area contributed by atoms with E-state index >= 15 is 0 Å².